The number of rotatable bonds is 3. The molecule has 2 aromatic rings. The van der Waals surface area contributed by atoms with Crippen LogP contribution >= 0.6 is 0 Å². The van der Waals surface area contributed by atoms with E-state index < -0.39 is 0 Å². The largest absolute Gasteiger partial charge is 0.493 e. The zero-order chi connectivity index (χ0) is 14.1. The highest BCUT2D eigenvalue weighted by Gasteiger charge is 2.24. The molecule has 0 amide bonds. The number of aryl methyl sites for hydroxylation is 1. The summed E-state index contributed by atoms with van der Waals surface area (Å²) in [6, 6.07) is 6.17. The summed E-state index contributed by atoms with van der Waals surface area (Å²) >= 11 is 0. The number of nitrogens with one attached hydrogen (secondary N) is 1. The summed E-state index contributed by atoms with van der Waals surface area (Å²) in [7, 11) is 3.29. The van der Waals surface area contributed by atoms with Crippen molar-refractivity contribution in [2.24, 2.45) is 0 Å². The normalized spacial score (nSPS) is 17.2. The highest BCUT2D eigenvalue weighted by atomic mass is 16.5. The van der Waals surface area contributed by atoms with Crippen LogP contribution in [0.25, 0.3) is 0 Å². The number of anilines is 1. The van der Waals surface area contributed by atoms with E-state index in [1.165, 1.54) is 0 Å². The molecule has 0 bridgehead atoms. The van der Waals surface area contributed by atoms with Gasteiger partial charge in [-0.25, -0.2) is 4.68 Å². The van der Waals surface area contributed by atoms with E-state index >= 15 is 0 Å². The second-order valence-corrected chi connectivity index (χ2v) is 4.77. The summed E-state index contributed by atoms with van der Waals surface area (Å²) < 4.78 is 12.6. The number of benzene rings is 1. The highest BCUT2D eigenvalue weighted by Crippen LogP contribution is 2.34. The molecule has 1 aliphatic rings. The Morgan fingerprint density at radius 3 is 2.80 bits per heavy atom. The summed E-state index contributed by atoms with van der Waals surface area (Å²) in [5, 5.41) is 7.75. The topological polar surface area (TPSA) is 61.2 Å². The average Bonchev–Trinajstić information content (AvgIpc) is 2.86. The minimum Gasteiger partial charge on any atom is -0.493 e. The fourth-order valence-electron chi connectivity index (χ4n) is 2.58. The quantitative estimate of drug-likeness (QED) is 0.927. The Balaban J connectivity index is 2.01. The van der Waals surface area contributed by atoms with E-state index in [9.17, 15) is 0 Å². The van der Waals surface area contributed by atoms with E-state index in [0.717, 1.165) is 41.8 Å². The molecule has 1 atom stereocenters. The van der Waals surface area contributed by atoms with Crippen LogP contribution in [0, 0.1) is 6.92 Å². The highest BCUT2D eigenvalue weighted by molar-refractivity contribution is 5.45. The predicted octanol–water partition coefficient (Wildman–Crippen LogP) is 2.01. The molecule has 0 fully saturated rings. The maximum absolute atomic E-state index is 5.37. The Morgan fingerprint density at radius 2 is 2.05 bits per heavy atom. The van der Waals surface area contributed by atoms with Gasteiger partial charge in [0.25, 0.3) is 0 Å². The third-order valence-corrected chi connectivity index (χ3v) is 3.53. The average molecular weight is 274 g/mol. The van der Waals surface area contributed by atoms with Gasteiger partial charge >= 0.3 is 0 Å². The van der Waals surface area contributed by atoms with Crippen molar-refractivity contribution in [1.29, 1.82) is 0 Å². The lowest BCUT2D eigenvalue weighted by Crippen LogP contribution is -2.24. The Kier molecular flexibility index (Phi) is 3.22. The van der Waals surface area contributed by atoms with E-state index in [1.54, 1.807) is 14.2 Å². The van der Waals surface area contributed by atoms with Gasteiger partial charge in [-0.05, 0) is 31.0 Å². The van der Waals surface area contributed by atoms with E-state index in [0.29, 0.717) is 0 Å². The van der Waals surface area contributed by atoms with Crippen LogP contribution in [0.15, 0.2) is 18.2 Å². The van der Waals surface area contributed by atoms with Crippen molar-refractivity contribution in [2.75, 3.05) is 26.1 Å². The monoisotopic (exact) mass is 274 g/mol. The van der Waals surface area contributed by atoms with Gasteiger partial charge in [0.15, 0.2) is 11.5 Å². The first kappa shape index (κ1) is 12.8. The van der Waals surface area contributed by atoms with Crippen molar-refractivity contribution >= 4 is 5.95 Å². The molecule has 0 saturated heterocycles. The SMILES string of the molecule is COc1ccc(C2CCNc3nc(C)nn32)cc1OC. The van der Waals surface area contributed by atoms with Crippen LogP contribution in [0.2, 0.25) is 0 Å². The molecule has 20 heavy (non-hydrogen) atoms. The molecule has 0 aliphatic carbocycles. The summed E-state index contributed by atoms with van der Waals surface area (Å²) in [5.74, 6) is 3.08. The first-order valence-electron chi connectivity index (χ1n) is 6.62. The van der Waals surface area contributed by atoms with Crippen molar-refractivity contribution in [3.8, 4) is 11.5 Å². The van der Waals surface area contributed by atoms with Gasteiger partial charge in [0.1, 0.15) is 5.82 Å². The smallest absolute Gasteiger partial charge is 0.221 e. The minimum absolute atomic E-state index is 0.173. The van der Waals surface area contributed by atoms with Crippen LogP contribution in [0.3, 0.4) is 0 Å². The molecule has 1 aliphatic heterocycles. The number of methoxy groups -OCH3 is 2. The fourth-order valence-corrected chi connectivity index (χ4v) is 2.58. The van der Waals surface area contributed by atoms with Gasteiger partial charge in [0.05, 0.1) is 20.3 Å². The van der Waals surface area contributed by atoms with Crippen molar-refractivity contribution in [3.05, 3.63) is 29.6 Å². The first-order chi connectivity index (χ1) is 9.72. The third-order valence-electron chi connectivity index (χ3n) is 3.53. The lowest BCUT2D eigenvalue weighted by atomic mass is 10.0. The number of nitrogens with zero attached hydrogens (tertiary/aromatic N) is 3. The fraction of sp³-hybridized carbons (Fsp3) is 0.429. The lowest BCUT2D eigenvalue weighted by molar-refractivity contribution is 0.353. The zero-order valence-electron chi connectivity index (χ0n) is 11.9. The molecule has 1 aromatic carbocycles. The summed E-state index contributed by atoms with van der Waals surface area (Å²) in [4.78, 5) is 4.39. The van der Waals surface area contributed by atoms with E-state index in [-0.39, 0.29) is 6.04 Å². The molecule has 106 valence electrons. The van der Waals surface area contributed by atoms with E-state index in [2.05, 4.69) is 21.5 Å². The second-order valence-electron chi connectivity index (χ2n) is 4.77. The van der Waals surface area contributed by atoms with E-state index in [4.69, 9.17) is 9.47 Å². The van der Waals surface area contributed by atoms with Gasteiger partial charge in [0.2, 0.25) is 5.95 Å². The van der Waals surface area contributed by atoms with Gasteiger partial charge in [-0.1, -0.05) is 6.07 Å². The molecule has 0 radical (unpaired) electrons. The van der Waals surface area contributed by atoms with Crippen molar-refractivity contribution in [1.82, 2.24) is 14.8 Å². The van der Waals surface area contributed by atoms with Crippen molar-refractivity contribution in [3.63, 3.8) is 0 Å². The van der Waals surface area contributed by atoms with Crippen LogP contribution in [0.1, 0.15) is 23.9 Å². The maximum atomic E-state index is 5.37. The van der Waals surface area contributed by atoms with Gasteiger partial charge in [0, 0.05) is 6.54 Å². The lowest BCUT2D eigenvalue weighted by Gasteiger charge is -2.25. The number of aromatic nitrogens is 3. The maximum Gasteiger partial charge on any atom is 0.221 e. The number of hydrogen-bond donors (Lipinski definition) is 1. The van der Waals surface area contributed by atoms with Gasteiger partial charge < -0.3 is 14.8 Å². The van der Waals surface area contributed by atoms with Crippen molar-refractivity contribution in [2.45, 2.75) is 19.4 Å². The molecule has 2 heterocycles. The number of fused-ring (bicyclic) bond motifs is 1. The minimum atomic E-state index is 0.173. The first-order valence-corrected chi connectivity index (χ1v) is 6.62. The summed E-state index contributed by atoms with van der Waals surface area (Å²) in [6.45, 7) is 2.79. The Bertz CT molecular complexity index is 624. The summed E-state index contributed by atoms with van der Waals surface area (Å²) in [6.07, 6.45) is 0.964. The predicted molar refractivity (Wildman–Crippen MR) is 75.6 cm³/mol. The van der Waals surface area contributed by atoms with Gasteiger partial charge in [-0.15, -0.1) is 0 Å². The Morgan fingerprint density at radius 1 is 1.25 bits per heavy atom. The van der Waals surface area contributed by atoms with Crippen molar-refractivity contribution < 1.29 is 9.47 Å². The van der Waals surface area contributed by atoms with Gasteiger partial charge in [-0.2, -0.15) is 10.1 Å². The zero-order valence-corrected chi connectivity index (χ0v) is 11.9. The van der Waals surface area contributed by atoms with E-state index in [1.807, 2.05) is 23.7 Å². The Hall–Kier alpha value is -2.24. The van der Waals surface area contributed by atoms with Crippen LogP contribution in [-0.2, 0) is 0 Å². The van der Waals surface area contributed by atoms with Crippen LogP contribution in [-0.4, -0.2) is 35.5 Å². The third kappa shape index (κ3) is 2.07. The molecule has 6 nitrogen and oxygen atoms in total. The molecule has 6 heteroatoms. The molecule has 1 unspecified atom stereocenters. The van der Waals surface area contributed by atoms with Crippen LogP contribution < -0.4 is 14.8 Å². The van der Waals surface area contributed by atoms with Crippen LogP contribution in [0.5, 0.6) is 11.5 Å². The molecule has 1 aromatic heterocycles. The Labute approximate surface area is 117 Å². The molecular formula is C14H18N4O2. The number of ether oxygens (including phenoxy) is 2. The van der Waals surface area contributed by atoms with Crippen LogP contribution in [0.4, 0.5) is 5.95 Å². The standard InChI is InChI=1S/C14H18N4O2/c1-9-16-14-15-7-6-11(18(14)17-9)10-4-5-12(19-2)13(8-10)20-3/h4-5,8,11H,6-7H2,1-3H3,(H,15,16,17). The second kappa shape index (κ2) is 5.03. The molecule has 3 rings (SSSR count). The van der Waals surface area contributed by atoms with Gasteiger partial charge in [-0.3, -0.25) is 0 Å². The molecular weight excluding hydrogens is 256 g/mol. The number of hydrogen-bond acceptors (Lipinski definition) is 5. The molecule has 0 spiro atoms. The molecule has 1 N–H and O–H groups in total. The summed E-state index contributed by atoms with van der Waals surface area (Å²) in [5.41, 5.74) is 1.15. The molecule has 0 saturated carbocycles.